The third kappa shape index (κ3) is 3.37. The van der Waals surface area contributed by atoms with Gasteiger partial charge in [-0.15, -0.1) is 0 Å². The predicted octanol–water partition coefficient (Wildman–Crippen LogP) is 0.531. The third-order valence-corrected chi connectivity index (χ3v) is 1.65. The fourth-order valence-electron chi connectivity index (χ4n) is 0.924. The van der Waals surface area contributed by atoms with E-state index >= 15 is 0 Å². The van der Waals surface area contributed by atoms with E-state index in [1.54, 1.807) is 13.0 Å². The van der Waals surface area contributed by atoms with Crippen molar-refractivity contribution in [3.05, 3.63) is 18.1 Å². The van der Waals surface area contributed by atoms with Gasteiger partial charge in [0.2, 0.25) is 0 Å². The van der Waals surface area contributed by atoms with Crippen molar-refractivity contribution < 1.29 is 5.11 Å². The maximum atomic E-state index is 9.01. The Kier molecular flexibility index (Phi) is 3.83. The van der Waals surface area contributed by atoms with E-state index < -0.39 is 0 Å². The minimum Gasteiger partial charge on any atom is -0.393 e. The zero-order valence-electron chi connectivity index (χ0n) is 7.94. The number of nitrogens with zero attached hydrogens (tertiary/aromatic N) is 3. The molecular weight excluding hydrogens is 180 g/mol. The van der Waals surface area contributed by atoms with Gasteiger partial charge in [-0.05, 0) is 13.3 Å². The van der Waals surface area contributed by atoms with Crippen molar-refractivity contribution in [3.63, 3.8) is 0 Å². The smallest absolute Gasteiger partial charge is 0.145 e. The summed E-state index contributed by atoms with van der Waals surface area (Å²) in [5, 5.41) is 20.6. The van der Waals surface area contributed by atoms with Gasteiger partial charge in [0.05, 0.1) is 6.10 Å². The lowest BCUT2D eigenvalue weighted by Gasteiger charge is -2.06. The summed E-state index contributed by atoms with van der Waals surface area (Å²) in [6.07, 6.45) is 1.65. The van der Waals surface area contributed by atoms with E-state index in [9.17, 15) is 0 Å². The summed E-state index contributed by atoms with van der Waals surface area (Å²) >= 11 is 0. The second-order valence-electron chi connectivity index (χ2n) is 2.96. The van der Waals surface area contributed by atoms with Crippen LogP contribution in [-0.2, 0) is 0 Å². The Bertz CT molecular complexity index is 332. The van der Waals surface area contributed by atoms with E-state index in [0.29, 0.717) is 24.5 Å². The number of rotatable bonds is 4. The van der Waals surface area contributed by atoms with Crippen LogP contribution >= 0.6 is 0 Å². The molecule has 0 fully saturated rings. The molecule has 1 aromatic heterocycles. The quantitative estimate of drug-likeness (QED) is 0.727. The van der Waals surface area contributed by atoms with Gasteiger partial charge in [0, 0.05) is 12.6 Å². The van der Waals surface area contributed by atoms with Gasteiger partial charge >= 0.3 is 0 Å². The van der Waals surface area contributed by atoms with E-state index in [1.807, 2.05) is 6.07 Å². The highest BCUT2D eigenvalue weighted by atomic mass is 16.3. The number of aliphatic hydroxyl groups excluding tert-OH is 1. The molecule has 0 amide bonds. The highest BCUT2D eigenvalue weighted by molar-refractivity contribution is 5.38. The van der Waals surface area contributed by atoms with E-state index in [0.717, 1.165) is 0 Å². The molecule has 0 aromatic carbocycles. The maximum absolute atomic E-state index is 9.01. The zero-order chi connectivity index (χ0) is 10.4. The van der Waals surface area contributed by atoms with Crippen LogP contribution in [0.5, 0.6) is 0 Å². The van der Waals surface area contributed by atoms with Gasteiger partial charge in [0.1, 0.15) is 23.9 Å². The Labute approximate surface area is 82.4 Å². The number of hydrogen-bond donors (Lipinski definition) is 2. The summed E-state index contributed by atoms with van der Waals surface area (Å²) < 4.78 is 0. The zero-order valence-corrected chi connectivity index (χ0v) is 7.94. The van der Waals surface area contributed by atoms with Crippen molar-refractivity contribution in [2.45, 2.75) is 19.4 Å². The van der Waals surface area contributed by atoms with Crippen molar-refractivity contribution in [3.8, 4) is 6.07 Å². The van der Waals surface area contributed by atoms with Crippen LogP contribution in [0.15, 0.2) is 12.4 Å². The predicted molar refractivity (Wildman–Crippen MR) is 51.5 cm³/mol. The van der Waals surface area contributed by atoms with Gasteiger partial charge in [0.15, 0.2) is 0 Å². The molecular formula is C9H12N4O. The summed E-state index contributed by atoms with van der Waals surface area (Å²) in [7, 11) is 0. The van der Waals surface area contributed by atoms with E-state index in [1.165, 1.54) is 6.33 Å². The average molecular weight is 192 g/mol. The fourth-order valence-corrected chi connectivity index (χ4v) is 0.924. The number of aromatic nitrogens is 2. The molecule has 0 saturated heterocycles. The van der Waals surface area contributed by atoms with Gasteiger partial charge in [0.25, 0.3) is 0 Å². The van der Waals surface area contributed by atoms with Crippen LogP contribution in [0.1, 0.15) is 19.0 Å². The normalized spacial score (nSPS) is 11.8. The molecule has 0 radical (unpaired) electrons. The number of anilines is 1. The molecule has 5 heteroatoms. The molecule has 0 saturated carbocycles. The van der Waals surface area contributed by atoms with Gasteiger partial charge in [-0.3, -0.25) is 0 Å². The van der Waals surface area contributed by atoms with E-state index in [2.05, 4.69) is 15.3 Å². The first kappa shape index (κ1) is 10.4. The Hall–Kier alpha value is -1.67. The van der Waals surface area contributed by atoms with Crippen LogP contribution in [0.3, 0.4) is 0 Å². The molecule has 0 bridgehead atoms. The van der Waals surface area contributed by atoms with Crippen molar-refractivity contribution in [1.82, 2.24) is 9.97 Å². The molecule has 14 heavy (non-hydrogen) atoms. The Morgan fingerprint density at radius 1 is 1.64 bits per heavy atom. The van der Waals surface area contributed by atoms with Crippen LogP contribution in [0, 0.1) is 11.3 Å². The lowest BCUT2D eigenvalue weighted by atomic mass is 10.3. The second kappa shape index (κ2) is 5.14. The standard InChI is InChI=1S/C9H12N4O/c1-7(14)2-3-11-9-4-8(5-10)12-6-13-9/h4,6-7,14H,2-3H2,1H3,(H,11,12,13)/t7-/m1/s1. The minimum atomic E-state index is -0.334. The number of aliphatic hydroxyl groups is 1. The number of nitrogens with one attached hydrogen (secondary N) is 1. The molecule has 1 atom stereocenters. The minimum absolute atomic E-state index is 0.333. The monoisotopic (exact) mass is 192 g/mol. The molecule has 0 unspecified atom stereocenters. The molecule has 5 nitrogen and oxygen atoms in total. The summed E-state index contributed by atoms with van der Waals surface area (Å²) in [4.78, 5) is 7.67. The first-order valence-electron chi connectivity index (χ1n) is 4.36. The third-order valence-electron chi connectivity index (χ3n) is 1.65. The van der Waals surface area contributed by atoms with Crippen molar-refractivity contribution in [2.24, 2.45) is 0 Å². The van der Waals surface area contributed by atoms with Gasteiger partial charge in [-0.1, -0.05) is 0 Å². The number of hydrogen-bond acceptors (Lipinski definition) is 5. The topological polar surface area (TPSA) is 81.8 Å². The van der Waals surface area contributed by atoms with E-state index in [-0.39, 0.29) is 6.10 Å². The highest BCUT2D eigenvalue weighted by Gasteiger charge is 1.98. The Balaban J connectivity index is 2.47. The molecule has 1 heterocycles. The SMILES string of the molecule is C[C@@H](O)CCNc1cc(C#N)ncn1. The summed E-state index contributed by atoms with van der Waals surface area (Å²) in [5.74, 6) is 0.609. The maximum Gasteiger partial charge on any atom is 0.145 e. The van der Waals surface area contributed by atoms with E-state index in [4.69, 9.17) is 10.4 Å². The summed E-state index contributed by atoms with van der Waals surface area (Å²) in [6.45, 7) is 2.35. The van der Waals surface area contributed by atoms with Crippen LogP contribution < -0.4 is 5.32 Å². The largest absolute Gasteiger partial charge is 0.393 e. The molecule has 1 rings (SSSR count). The molecule has 0 aliphatic carbocycles. The lowest BCUT2D eigenvalue weighted by molar-refractivity contribution is 0.188. The fraction of sp³-hybridized carbons (Fsp3) is 0.444. The second-order valence-corrected chi connectivity index (χ2v) is 2.96. The van der Waals surface area contributed by atoms with Gasteiger partial charge in [-0.25, -0.2) is 9.97 Å². The summed E-state index contributed by atoms with van der Waals surface area (Å²) in [6, 6.07) is 3.50. The lowest BCUT2D eigenvalue weighted by Crippen LogP contribution is -2.10. The molecule has 0 aliphatic rings. The molecule has 0 aliphatic heterocycles. The number of nitriles is 1. The van der Waals surface area contributed by atoms with Crippen LogP contribution in [-0.4, -0.2) is 27.7 Å². The van der Waals surface area contributed by atoms with Gasteiger partial charge < -0.3 is 10.4 Å². The van der Waals surface area contributed by atoms with Crippen molar-refractivity contribution >= 4 is 5.82 Å². The first-order chi connectivity index (χ1) is 6.72. The molecule has 2 N–H and O–H groups in total. The Morgan fingerprint density at radius 3 is 3.07 bits per heavy atom. The van der Waals surface area contributed by atoms with Crippen LogP contribution in [0.2, 0.25) is 0 Å². The first-order valence-corrected chi connectivity index (χ1v) is 4.36. The van der Waals surface area contributed by atoms with Crippen LogP contribution in [0.25, 0.3) is 0 Å². The molecule has 1 aromatic rings. The Morgan fingerprint density at radius 2 is 2.43 bits per heavy atom. The molecule has 0 spiro atoms. The average Bonchev–Trinajstić information content (AvgIpc) is 2.18. The van der Waals surface area contributed by atoms with Crippen molar-refractivity contribution in [2.75, 3.05) is 11.9 Å². The van der Waals surface area contributed by atoms with Crippen LogP contribution in [0.4, 0.5) is 5.82 Å². The summed E-state index contributed by atoms with van der Waals surface area (Å²) in [5.41, 5.74) is 0.333. The van der Waals surface area contributed by atoms with Crippen molar-refractivity contribution in [1.29, 1.82) is 5.26 Å². The molecule has 74 valence electrons. The van der Waals surface area contributed by atoms with Gasteiger partial charge in [-0.2, -0.15) is 5.26 Å². The highest BCUT2D eigenvalue weighted by Crippen LogP contribution is 2.02.